The Morgan fingerprint density at radius 2 is 2.05 bits per heavy atom. The first-order chi connectivity index (χ1) is 10.1. The third kappa shape index (κ3) is 3.97. The van der Waals surface area contributed by atoms with Crippen LogP contribution in [0.1, 0.15) is 21.7 Å². The summed E-state index contributed by atoms with van der Waals surface area (Å²) in [5.74, 6) is -1.09. The van der Waals surface area contributed by atoms with E-state index in [1.807, 2.05) is 0 Å². The van der Waals surface area contributed by atoms with Gasteiger partial charge in [-0.05, 0) is 36.8 Å². The fraction of sp³-hybridized carbons (Fsp3) is 0.0667. The van der Waals surface area contributed by atoms with E-state index in [-0.39, 0.29) is 5.91 Å². The second-order valence-electron chi connectivity index (χ2n) is 4.24. The molecule has 21 heavy (non-hydrogen) atoms. The fourth-order valence-corrected chi connectivity index (χ4v) is 1.67. The standard InChI is InChI=1S/C15H13N3O3/c1-10-4-3-9-16-14(10)15(21)18-12-6-2-5-11(17-12)7-8-13(19)20/h2-9H,1H3,(H,19,20)(H,17,18,21). The lowest BCUT2D eigenvalue weighted by atomic mass is 10.2. The van der Waals surface area contributed by atoms with Crippen LogP contribution in [0.4, 0.5) is 5.82 Å². The SMILES string of the molecule is Cc1cccnc1C(=O)Nc1cccc(C=CC(=O)O)n1. The maximum absolute atomic E-state index is 12.1. The van der Waals surface area contributed by atoms with Crippen LogP contribution in [0.25, 0.3) is 6.08 Å². The van der Waals surface area contributed by atoms with Crippen molar-refractivity contribution in [3.63, 3.8) is 0 Å². The van der Waals surface area contributed by atoms with Crippen LogP contribution in [-0.4, -0.2) is 27.0 Å². The molecule has 6 heteroatoms. The first kappa shape index (κ1) is 14.4. The number of amides is 1. The average molecular weight is 283 g/mol. The third-order valence-corrected chi connectivity index (χ3v) is 2.63. The minimum atomic E-state index is -1.06. The van der Waals surface area contributed by atoms with Crippen molar-refractivity contribution in [1.82, 2.24) is 9.97 Å². The fourth-order valence-electron chi connectivity index (χ4n) is 1.67. The number of nitrogens with one attached hydrogen (secondary N) is 1. The van der Waals surface area contributed by atoms with E-state index in [4.69, 9.17) is 5.11 Å². The number of aryl methyl sites for hydroxylation is 1. The molecule has 0 unspecified atom stereocenters. The van der Waals surface area contributed by atoms with Gasteiger partial charge in [-0.1, -0.05) is 12.1 Å². The number of aromatic nitrogens is 2. The third-order valence-electron chi connectivity index (χ3n) is 2.63. The Labute approximate surface area is 121 Å². The van der Waals surface area contributed by atoms with Crippen LogP contribution in [0, 0.1) is 6.92 Å². The van der Waals surface area contributed by atoms with E-state index >= 15 is 0 Å². The van der Waals surface area contributed by atoms with Crippen LogP contribution in [0.15, 0.2) is 42.6 Å². The Hall–Kier alpha value is -3.02. The summed E-state index contributed by atoms with van der Waals surface area (Å²) in [4.78, 5) is 30.7. The molecule has 0 fully saturated rings. The summed E-state index contributed by atoms with van der Waals surface area (Å²) in [7, 11) is 0. The number of carboxylic acid groups (broad SMARTS) is 1. The molecule has 0 aliphatic heterocycles. The zero-order valence-electron chi connectivity index (χ0n) is 11.3. The van der Waals surface area contributed by atoms with Gasteiger partial charge in [0, 0.05) is 12.3 Å². The first-order valence-electron chi connectivity index (χ1n) is 6.17. The highest BCUT2D eigenvalue weighted by Crippen LogP contribution is 2.10. The minimum Gasteiger partial charge on any atom is -0.478 e. The maximum atomic E-state index is 12.1. The minimum absolute atomic E-state index is 0.325. The number of hydrogen-bond donors (Lipinski definition) is 2. The molecule has 6 nitrogen and oxygen atoms in total. The van der Waals surface area contributed by atoms with Crippen molar-refractivity contribution in [3.8, 4) is 0 Å². The van der Waals surface area contributed by atoms with E-state index in [0.717, 1.165) is 11.6 Å². The van der Waals surface area contributed by atoms with Crippen LogP contribution in [0.3, 0.4) is 0 Å². The van der Waals surface area contributed by atoms with E-state index < -0.39 is 5.97 Å². The highest BCUT2D eigenvalue weighted by Gasteiger charge is 2.10. The molecule has 2 N–H and O–H groups in total. The Balaban J connectivity index is 2.17. The van der Waals surface area contributed by atoms with Gasteiger partial charge in [0.05, 0.1) is 5.69 Å². The van der Waals surface area contributed by atoms with Gasteiger partial charge in [-0.3, -0.25) is 9.78 Å². The van der Waals surface area contributed by atoms with Gasteiger partial charge in [0.25, 0.3) is 5.91 Å². The normalized spacial score (nSPS) is 10.5. The Morgan fingerprint density at radius 3 is 2.76 bits per heavy atom. The lowest BCUT2D eigenvalue weighted by Gasteiger charge is -2.06. The second kappa shape index (κ2) is 6.42. The molecule has 2 heterocycles. The van der Waals surface area contributed by atoms with Gasteiger partial charge in [-0.2, -0.15) is 0 Å². The molecule has 106 valence electrons. The summed E-state index contributed by atoms with van der Waals surface area (Å²) in [6.45, 7) is 1.79. The van der Waals surface area contributed by atoms with Crippen molar-refractivity contribution in [2.75, 3.05) is 5.32 Å². The van der Waals surface area contributed by atoms with Crippen molar-refractivity contribution in [1.29, 1.82) is 0 Å². The Kier molecular flexibility index (Phi) is 4.40. The Morgan fingerprint density at radius 1 is 1.24 bits per heavy atom. The quantitative estimate of drug-likeness (QED) is 0.839. The van der Waals surface area contributed by atoms with Crippen molar-refractivity contribution in [3.05, 3.63) is 59.6 Å². The van der Waals surface area contributed by atoms with Gasteiger partial charge in [-0.15, -0.1) is 0 Å². The molecule has 0 spiro atoms. The molecule has 0 aliphatic carbocycles. The molecular weight excluding hydrogens is 270 g/mol. The van der Waals surface area contributed by atoms with Crippen molar-refractivity contribution >= 4 is 23.8 Å². The molecule has 0 aromatic carbocycles. The smallest absolute Gasteiger partial charge is 0.328 e. The zero-order chi connectivity index (χ0) is 15.2. The predicted octanol–water partition coefficient (Wildman–Crippen LogP) is 2.14. The van der Waals surface area contributed by atoms with Crippen molar-refractivity contribution in [2.45, 2.75) is 6.92 Å². The summed E-state index contributed by atoms with van der Waals surface area (Å²) >= 11 is 0. The number of carbonyl (C=O) groups is 2. The van der Waals surface area contributed by atoms with Crippen LogP contribution < -0.4 is 5.32 Å². The number of carbonyl (C=O) groups excluding carboxylic acids is 1. The number of nitrogens with zero attached hydrogens (tertiary/aromatic N) is 2. The average Bonchev–Trinajstić information content (AvgIpc) is 2.46. The van der Waals surface area contributed by atoms with Crippen LogP contribution in [-0.2, 0) is 4.79 Å². The summed E-state index contributed by atoms with van der Waals surface area (Å²) < 4.78 is 0. The lowest BCUT2D eigenvalue weighted by Crippen LogP contribution is -2.16. The van der Waals surface area contributed by atoms with Crippen LogP contribution in [0.2, 0.25) is 0 Å². The number of aliphatic carboxylic acids is 1. The van der Waals surface area contributed by atoms with Gasteiger partial charge in [0.15, 0.2) is 0 Å². The molecule has 0 atom stereocenters. The summed E-state index contributed by atoms with van der Waals surface area (Å²) in [5.41, 5.74) is 1.52. The van der Waals surface area contributed by atoms with Crippen molar-refractivity contribution < 1.29 is 14.7 Å². The summed E-state index contributed by atoms with van der Waals surface area (Å²) in [6.07, 6.45) is 3.88. The summed E-state index contributed by atoms with van der Waals surface area (Å²) in [6, 6.07) is 8.48. The number of carboxylic acids is 1. The molecule has 1 amide bonds. The molecule has 0 radical (unpaired) electrons. The molecular formula is C15H13N3O3. The van der Waals surface area contributed by atoms with E-state index in [1.54, 1.807) is 43.5 Å². The molecule has 0 saturated heterocycles. The van der Waals surface area contributed by atoms with Crippen molar-refractivity contribution in [2.24, 2.45) is 0 Å². The summed E-state index contributed by atoms with van der Waals surface area (Å²) in [5, 5.41) is 11.2. The van der Waals surface area contributed by atoms with E-state index in [0.29, 0.717) is 17.2 Å². The molecule has 2 aromatic heterocycles. The van der Waals surface area contributed by atoms with E-state index in [2.05, 4.69) is 15.3 Å². The van der Waals surface area contributed by atoms with Gasteiger partial charge in [-0.25, -0.2) is 9.78 Å². The lowest BCUT2D eigenvalue weighted by molar-refractivity contribution is -0.131. The Bertz CT molecular complexity index is 711. The predicted molar refractivity (Wildman–Crippen MR) is 77.8 cm³/mol. The van der Waals surface area contributed by atoms with Gasteiger partial charge < -0.3 is 10.4 Å². The largest absolute Gasteiger partial charge is 0.478 e. The topological polar surface area (TPSA) is 92.2 Å². The van der Waals surface area contributed by atoms with Gasteiger partial charge in [0.2, 0.25) is 0 Å². The van der Waals surface area contributed by atoms with Gasteiger partial charge >= 0.3 is 5.97 Å². The zero-order valence-corrected chi connectivity index (χ0v) is 11.3. The molecule has 2 aromatic rings. The monoisotopic (exact) mass is 283 g/mol. The first-order valence-corrected chi connectivity index (χ1v) is 6.17. The highest BCUT2D eigenvalue weighted by atomic mass is 16.4. The van der Waals surface area contributed by atoms with E-state index in [1.165, 1.54) is 6.08 Å². The number of anilines is 1. The number of pyridine rings is 2. The second-order valence-corrected chi connectivity index (χ2v) is 4.24. The number of rotatable bonds is 4. The molecule has 0 saturated carbocycles. The molecule has 0 aliphatic rings. The van der Waals surface area contributed by atoms with Gasteiger partial charge in [0.1, 0.15) is 11.5 Å². The van der Waals surface area contributed by atoms with E-state index in [9.17, 15) is 9.59 Å². The highest BCUT2D eigenvalue weighted by molar-refractivity contribution is 6.03. The molecule has 2 rings (SSSR count). The molecule has 0 bridgehead atoms. The number of hydrogen-bond acceptors (Lipinski definition) is 4. The maximum Gasteiger partial charge on any atom is 0.328 e. The van der Waals surface area contributed by atoms with Crippen LogP contribution >= 0.6 is 0 Å². The van der Waals surface area contributed by atoms with Crippen LogP contribution in [0.5, 0.6) is 0 Å².